The van der Waals surface area contributed by atoms with E-state index in [2.05, 4.69) is 20.2 Å². The van der Waals surface area contributed by atoms with E-state index in [9.17, 15) is 10.2 Å². The Kier molecular flexibility index (Phi) is 5.10. The number of nitrogens with zero attached hydrogens (tertiary/aromatic N) is 4. The molecule has 0 saturated heterocycles. The molecular formula is C14H16N4O2S. The third-order valence-electron chi connectivity index (χ3n) is 2.56. The lowest BCUT2D eigenvalue weighted by Crippen LogP contribution is -1.89. The standard InChI is InChI=1S/C14H16N4O2S/c1-3-8-21-14-15-12(19)11(13(20)16-14)18-17-10-6-4-9(2)5-7-10/h4-7H,3,8H2,1-2H3,(H2,15,16,19,20). The van der Waals surface area contributed by atoms with Crippen molar-refractivity contribution in [1.82, 2.24) is 9.97 Å². The molecule has 0 fully saturated rings. The molecule has 0 spiro atoms. The fourth-order valence-electron chi connectivity index (χ4n) is 1.48. The topological polar surface area (TPSA) is 91.0 Å². The molecule has 0 aliphatic carbocycles. The molecule has 0 radical (unpaired) electrons. The Morgan fingerprint density at radius 2 is 1.67 bits per heavy atom. The predicted octanol–water partition coefficient (Wildman–Crippen LogP) is 4.11. The van der Waals surface area contributed by atoms with Crippen LogP contribution in [-0.4, -0.2) is 25.9 Å². The van der Waals surface area contributed by atoms with Crippen molar-refractivity contribution in [2.24, 2.45) is 10.2 Å². The quantitative estimate of drug-likeness (QED) is 0.492. The van der Waals surface area contributed by atoms with Gasteiger partial charge < -0.3 is 10.2 Å². The van der Waals surface area contributed by atoms with Gasteiger partial charge in [-0.1, -0.05) is 36.4 Å². The van der Waals surface area contributed by atoms with Crippen LogP contribution in [0.5, 0.6) is 11.8 Å². The van der Waals surface area contributed by atoms with E-state index < -0.39 is 0 Å². The van der Waals surface area contributed by atoms with Crippen molar-refractivity contribution >= 4 is 23.1 Å². The SMILES string of the molecule is CCCSc1nc(O)c(N=Nc2ccc(C)cc2)c(O)n1. The minimum Gasteiger partial charge on any atom is -0.491 e. The molecule has 1 aromatic heterocycles. The largest absolute Gasteiger partial charge is 0.491 e. The Morgan fingerprint density at radius 1 is 1.05 bits per heavy atom. The van der Waals surface area contributed by atoms with Crippen molar-refractivity contribution < 1.29 is 10.2 Å². The smallest absolute Gasteiger partial charge is 0.247 e. The van der Waals surface area contributed by atoms with Crippen LogP contribution in [0.1, 0.15) is 18.9 Å². The van der Waals surface area contributed by atoms with Gasteiger partial charge in [0.1, 0.15) is 0 Å². The zero-order valence-electron chi connectivity index (χ0n) is 11.8. The number of benzene rings is 1. The summed E-state index contributed by atoms with van der Waals surface area (Å²) in [6.45, 7) is 4.00. The van der Waals surface area contributed by atoms with Crippen LogP contribution in [0.25, 0.3) is 0 Å². The van der Waals surface area contributed by atoms with Gasteiger partial charge in [-0.05, 0) is 25.5 Å². The summed E-state index contributed by atoms with van der Waals surface area (Å²) in [6.07, 6.45) is 0.949. The van der Waals surface area contributed by atoms with E-state index in [4.69, 9.17) is 0 Å². The summed E-state index contributed by atoms with van der Waals surface area (Å²) in [5, 5.41) is 27.7. The van der Waals surface area contributed by atoms with Crippen molar-refractivity contribution in [1.29, 1.82) is 0 Å². The third kappa shape index (κ3) is 4.16. The second kappa shape index (κ2) is 7.03. The van der Waals surface area contributed by atoms with Gasteiger partial charge in [-0.3, -0.25) is 0 Å². The van der Waals surface area contributed by atoms with Crippen molar-refractivity contribution in [2.75, 3.05) is 5.75 Å². The first kappa shape index (κ1) is 15.2. The van der Waals surface area contributed by atoms with E-state index in [1.807, 2.05) is 26.0 Å². The molecule has 0 saturated carbocycles. The number of aromatic hydroxyl groups is 2. The van der Waals surface area contributed by atoms with E-state index in [0.717, 1.165) is 17.7 Å². The van der Waals surface area contributed by atoms with Gasteiger partial charge in [0.05, 0.1) is 5.69 Å². The number of aromatic nitrogens is 2. The molecule has 1 heterocycles. The van der Waals surface area contributed by atoms with Crippen molar-refractivity contribution in [3.63, 3.8) is 0 Å². The first-order chi connectivity index (χ1) is 10.1. The highest BCUT2D eigenvalue weighted by atomic mass is 32.2. The molecule has 0 unspecified atom stereocenters. The molecule has 2 N–H and O–H groups in total. The predicted molar refractivity (Wildman–Crippen MR) is 81.7 cm³/mol. The van der Waals surface area contributed by atoms with E-state index in [0.29, 0.717) is 10.8 Å². The minimum absolute atomic E-state index is 0.128. The van der Waals surface area contributed by atoms with E-state index in [-0.39, 0.29) is 17.4 Å². The summed E-state index contributed by atoms with van der Waals surface area (Å²) in [5.74, 6) is 0.0530. The molecule has 0 aliphatic rings. The fourth-order valence-corrected chi connectivity index (χ4v) is 2.17. The number of azo groups is 1. The summed E-state index contributed by atoms with van der Waals surface area (Å²) in [4.78, 5) is 7.78. The molecule has 0 aliphatic heterocycles. The minimum atomic E-state index is -0.378. The summed E-state index contributed by atoms with van der Waals surface area (Å²) < 4.78 is 0. The monoisotopic (exact) mass is 304 g/mol. The number of rotatable bonds is 5. The molecular weight excluding hydrogens is 288 g/mol. The molecule has 6 nitrogen and oxygen atoms in total. The van der Waals surface area contributed by atoms with E-state index >= 15 is 0 Å². The molecule has 110 valence electrons. The highest BCUT2D eigenvalue weighted by molar-refractivity contribution is 7.99. The second-order valence-corrected chi connectivity index (χ2v) is 5.45. The maximum absolute atomic E-state index is 9.82. The lowest BCUT2D eigenvalue weighted by molar-refractivity contribution is 0.414. The highest BCUT2D eigenvalue weighted by Crippen LogP contribution is 2.35. The highest BCUT2D eigenvalue weighted by Gasteiger charge is 2.13. The van der Waals surface area contributed by atoms with Gasteiger partial charge >= 0.3 is 0 Å². The zero-order valence-corrected chi connectivity index (χ0v) is 12.6. The molecule has 7 heteroatoms. The van der Waals surface area contributed by atoms with Crippen molar-refractivity contribution in [2.45, 2.75) is 25.4 Å². The van der Waals surface area contributed by atoms with Gasteiger partial charge in [-0.15, -0.1) is 5.11 Å². The molecule has 0 amide bonds. The lowest BCUT2D eigenvalue weighted by atomic mass is 10.2. The van der Waals surface area contributed by atoms with Crippen LogP contribution in [0.15, 0.2) is 39.7 Å². The van der Waals surface area contributed by atoms with Crippen LogP contribution in [-0.2, 0) is 0 Å². The average Bonchev–Trinajstić information content (AvgIpc) is 2.46. The zero-order chi connectivity index (χ0) is 15.2. The maximum atomic E-state index is 9.82. The lowest BCUT2D eigenvalue weighted by Gasteiger charge is -2.03. The van der Waals surface area contributed by atoms with Crippen LogP contribution in [0.3, 0.4) is 0 Å². The summed E-state index contributed by atoms with van der Waals surface area (Å²) >= 11 is 1.36. The molecule has 1 aromatic carbocycles. The Morgan fingerprint density at radius 3 is 2.24 bits per heavy atom. The molecule has 2 aromatic rings. The molecule has 21 heavy (non-hydrogen) atoms. The average molecular weight is 304 g/mol. The van der Waals surface area contributed by atoms with Gasteiger partial charge in [0.15, 0.2) is 5.16 Å². The van der Waals surface area contributed by atoms with Gasteiger partial charge in [0, 0.05) is 5.75 Å². The number of aryl methyl sites for hydroxylation is 1. The summed E-state index contributed by atoms with van der Waals surface area (Å²) in [7, 11) is 0. The molecule has 0 bridgehead atoms. The number of thioether (sulfide) groups is 1. The molecule has 0 atom stereocenters. The third-order valence-corrected chi connectivity index (χ3v) is 3.61. The summed E-state index contributed by atoms with van der Waals surface area (Å²) in [6, 6.07) is 7.38. The van der Waals surface area contributed by atoms with Crippen LogP contribution >= 0.6 is 11.8 Å². The van der Waals surface area contributed by atoms with Crippen LogP contribution in [0, 0.1) is 6.92 Å². The summed E-state index contributed by atoms with van der Waals surface area (Å²) in [5.41, 5.74) is 1.60. The first-order valence-electron chi connectivity index (χ1n) is 6.51. The normalized spacial score (nSPS) is 11.1. The number of hydrogen-bond acceptors (Lipinski definition) is 7. The Bertz CT molecular complexity index is 621. The van der Waals surface area contributed by atoms with Gasteiger partial charge in [0.25, 0.3) is 0 Å². The number of hydrogen-bond donors (Lipinski definition) is 2. The Labute approximate surface area is 127 Å². The molecule has 2 rings (SSSR count). The van der Waals surface area contributed by atoms with Crippen LogP contribution in [0.2, 0.25) is 0 Å². The van der Waals surface area contributed by atoms with Crippen LogP contribution in [0.4, 0.5) is 11.4 Å². The van der Waals surface area contributed by atoms with E-state index in [1.54, 1.807) is 12.1 Å². The Balaban J connectivity index is 2.21. The maximum Gasteiger partial charge on any atom is 0.247 e. The van der Waals surface area contributed by atoms with Gasteiger partial charge in [-0.25, -0.2) is 0 Å². The van der Waals surface area contributed by atoms with Crippen molar-refractivity contribution in [3.8, 4) is 11.8 Å². The van der Waals surface area contributed by atoms with Gasteiger partial charge in [0.2, 0.25) is 17.4 Å². The Hall–Kier alpha value is -2.15. The van der Waals surface area contributed by atoms with E-state index in [1.165, 1.54) is 11.8 Å². The van der Waals surface area contributed by atoms with Gasteiger partial charge in [-0.2, -0.15) is 15.1 Å². The second-order valence-electron chi connectivity index (χ2n) is 4.39. The first-order valence-corrected chi connectivity index (χ1v) is 7.50. The van der Waals surface area contributed by atoms with Crippen LogP contribution < -0.4 is 0 Å². The van der Waals surface area contributed by atoms with Crippen molar-refractivity contribution in [3.05, 3.63) is 29.8 Å². The fraction of sp³-hybridized carbons (Fsp3) is 0.286.